The summed E-state index contributed by atoms with van der Waals surface area (Å²) in [6.45, 7) is 1.54. The van der Waals surface area contributed by atoms with Gasteiger partial charge in [-0.1, -0.05) is 0 Å². The maximum absolute atomic E-state index is 10.7. The SMILES string of the molecule is CC(=[17O])c1ccncc1.NN[13C](=[17O])c1ccncc1. The molecule has 0 spiro atoms. The lowest BCUT2D eigenvalue weighted by Gasteiger charge is -1.95. The Morgan fingerprint density at radius 3 is 1.68 bits per heavy atom. The Morgan fingerprint density at radius 1 is 0.947 bits per heavy atom. The van der Waals surface area contributed by atoms with Crippen molar-refractivity contribution >= 4 is 11.7 Å². The number of hydrogen-bond acceptors (Lipinski definition) is 5. The second-order valence-electron chi connectivity index (χ2n) is 3.50. The molecule has 0 saturated carbocycles. The molecule has 0 unspecified atom stereocenters. The van der Waals surface area contributed by atoms with Crippen molar-refractivity contribution in [3.8, 4) is 0 Å². The van der Waals surface area contributed by atoms with Gasteiger partial charge in [0.1, 0.15) is 0 Å². The third kappa shape index (κ3) is 5.05. The van der Waals surface area contributed by atoms with Crippen molar-refractivity contribution in [3.63, 3.8) is 0 Å². The number of aromatic nitrogens is 2. The number of amides is 1. The second-order valence-corrected chi connectivity index (χ2v) is 3.50. The van der Waals surface area contributed by atoms with Crippen molar-refractivity contribution in [3.05, 3.63) is 60.2 Å². The molecule has 2 aromatic heterocycles. The Labute approximate surface area is 110 Å². The van der Waals surface area contributed by atoms with E-state index < -0.39 is 0 Å². The maximum atomic E-state index is 10.7. The van der Waals surface area contributed by atoms with Gasteiger partial charge in [0.15, 0.2) is 5.78 Å². The quantitative estimate of drug-likeness (QED) is 0.276. The molecule has 0 saturated heterocycles. The molecule has 0 atom stereocenters. The second kappa shape index (κ2) is 7.67. The summed E-state index contributed by atoms with van der Waals surface area (Å²) in [7, 11) is 0. The summed E-state index contributed by atoms with van der Waals surface area (Å²) in [4.78, 5) is 28.9. The monoisotopic (exact) mass is 261 g/mol. The molecule has 6 nitrogen and oxygen atoms in total. The Hall–Kier alpha value is -2.60. The van der Waals surface area contributed by atoms with E-state index in [1.165, 1.54) is 19.3 Å². The van der Waals surface area contributed by atoms with Crippen LogP contribution in [-0.4, -0.2) is 21.7 Å². The first-order valence-corrected chi connectivity index (χ1v) is 5.47. The number of nitrogens with zero attached hydrogens (tertiary/aromatic N) is 2. The topological polar surface area (TPSA) is 98.0 Å². The van der Waals surface area contributed by atoms with Crippen molar-refractivity contribution in [1.82, 2.24) is 15.4 Å². The van der Waals surface area contributed by atoms with Crippen LogP contribution in [-0.2, 0) is 0 Å². The molecule has 19 heavy (non-hydrogen) atoms. The third-order valence-electron chi connectivity index (χ3n) is 2.16. The molecule has 0 aliphatic rings. The van der Waals surface area contributed by atoms with Crippen LogP contribution < -0.4 is 11.3 Å². The zero-order chi connectivity index (χ0) is 14.1. The Kier molecular flexibility index (Phi) is 5.84. The average molecular weight is 261 g/mol. The van der Waals surface area contributed by atoms with E-state index in [0.717, 1.165) is 0 Å². The fourth-order valence-corrected chi connectivity index (χ4v) is 1.17. The molecular formula is C13H14N4O2. The number of nitrogens with one attached hydrogen (secondary N) is 1. The molecular weight excluding hydrogens is 247 g/mol. The van der Waals surface area contributed by atoms with Gasteiger partial charge in [-0.15, -0.1) is 0 Å². The van der Waals surface area contributed by atoms with Crippen molar-refractivity contribution in [1.29, 1.82) is 0 Å². The standard InChI is InChI=1S/C7H7NO.C6H7N3O/c1-6(9)7-2-4-8-5-3-7;7-9-6(10)5-1-3-8-4-2-5/h2-5H,1H3;1-4H,7H2,(H,9,10)/i9+1;6+1,10+1. The first-order chi connectivity index (χ1) is 9.15. The molecule has 98 valence electrons. The largest absolute Gasteiger partial charge is 0.295 e. The number of hydrogen-bond donors (Lipinski definition) is 2. The summed E-state index contributed by atoms with van der Waals surface area (Å²) in [6.07, 6.45) is 6.28. The minimum Gasteiger partial charge on any atom is -0.295 e. The van der Waals surface area contributed by atoms with Crippen LogP contribution >= 0.6 is 0 Å². The highest BCUT2D eigenvalue weighted by Crippen LogP contribution is 1.95. The summed E-state index contributed by atoms with van der Waals surface area (Å²) in [5.41, 5.74) is 3.24. The van der Waals surface area contributed by atoms with Crippen LogP contribution in [0.5, 0.6) is 0 Å². The fraction of sp³-hybridized carbons (Fsp3) is 0.0769. The molecule has 3 N–H and O–H groups in total. The Morgan fingerprint density at radius 2 is 1.37 bits per heavy atom. The van der Waals surface area contributed by atoms with Crippen molar-refractivity contribution in [2.24, 2.45) is 5.84 Å². The molecule has 2 aromatic rings. The number of rotatable bonds is 2. The van der Waals surface area contributed by atoms with Crippen LogP contribution in [0.2, 0.25) is 0 Å². The van der Waals surface area contributed by atoms with Gasteiger partial charge in [0.2, 0.25) is 0 Å². The number of hydrazine groups is 1. The number of carbonyl (C=O) groups excluding carboxylic acids is 2. The van der Waals surface area contributed by atoms with Gasteiger partial charge in [-0.05, 0) is 31.2 Å². The molecule has 0 fully saturated rings. The van der Waals surface area contributed by atoms with E-state index in [0.29, 0.717) is 11.1 Å². The molecule has 0 aromatic carbocycles. The average Bonchev–Trinajstić information content (AvgIpc) is 2.49. The summed E-state index contributed by atoms with van der Waals surface area (Å²) in [5.74, 6) is 4.66. The van der Waals surface area contributed by atoms with Gasteiger partial charge in [0.25, 0.3) is 5.91 Å². The van der Waals surface area contributed by atoms with E-state index in [9.17, 15) is 9.59 Å². The molecule has 0 aliphatic heterocycles. The third-order valence-corrected chi connectivity index (χ3v) is 2.16. The van der Waals surface area contributed by atoms with Gasteiger partial charge >= 0.3 is 0 Å². The van der Waals surface area contributed by atoms with E-state index >= 15 is 0 Å². The van der Waals surface area contributed by atoms with Crippen molar-refractivity contribution < 1.29 is 9.59 Å². The van der Waals surface area contributed by atoms with Crippen molar-refractivity contribution in [2.45, 2.75) is 6.92 Å². The smallest absolute Gasteiger partial charge is 0.265 e. The zero-order valence-electron chi connectivity index (χ0n) is 10.4. The van der Waals surface area contributed by atoms with Crippen LogP contribution in [0.4, 0.5) is 0 Å². The van der Waals surface area contributed by atoms with Gasteiger partial charge < -0.3 is 0 Å². The lowest BCUT2D eigenvalue weighted by molar-refractivity contribution is 0.0952. The number of ketones is 1. The number of nitrogen functional groups attached to an aromatic ring is 1. The van der Waals surface area contributed by atoms with E-state index in [-0.39, 0.29) is 11.7 Å². The van der Waals surface area contributed by atoms with Crippen molar-refractivity contribution in [2.75, 3.05) is 0 Å². The molecule has 0 radical (unpaired) electrons. The highest BCUT2D eigenvalue weighted by molar-refractivity contribution is 5.94. The predicted octanol–water partition coefficient (Wildman–Crippen LogP) is 0.969. The molecule has 0 bridgehead atoms. The lowest BCUT2D eigenvalue weighted by atomic mass is 10.2. The zero-order valence-corrected chi connectivity index (χ0v) is 10.4. The number of nitrogens with two attached hydrogens (primary N) is 1. The van der Waals surface area contributed by atoms with Crippen LogP contribution in [0.1, 0.15) is 27.6 Å². The molecule has 2 rings (SSSR count). The molecule has 6 heteroatoms. The fourth-order valence-electron chi connectivity index (χ4n) is 1.17. The number of pyridine rings is 2. The van der Waals surface area contributed by atoms with E-state index in [1.54, 1.807) is 36.7 Å². The number of carbonyl (C=O) groups is 2. The van der Waals surface area contributed by atoms with Gasteiger partial charge in [-0.2, -0.15) is 0 Å². The van der Waals surface area contributed by atoms with Gasteiger partial charge in [0.05, 0.1) is 0 Å². The first kappa shape index (κ1) is 14.5. The highest BCUT2D eigenvalue weighted by Gasteiger charge is 1.99. The van der Waals surface area contributed by atoms with Gasteiger partial charge in [-0.3, -0.25) is 25.0 Å². The minimum absolute atomic E-state index is 0.0809. The number of Topliss-reactive ketones (excluding diaryl/α,β-unsaturated/α-hetero) is 1. The van der Waals surface area contributed by atoms with E-state index in [4.69, 9.17) is 5.84 Å². The summed E-state index contributed by atoms with van der Waals surface area (Å²) < 4.78 is 0. The van der Waals surface area contributed by atoms with E-state index in [1.807, 2.05) is 5.43 Å². The van der Waals surface area contributed by atoms with Crippen LogP contribution in [0.3, 0.4) is 0 Å². The minimum atomic E-state index is -0.303. The molecule has 1 amide bonds. The molecule has 0 aliphatic carbocycles. The normalized spacial score (nSPS) is 8.95. The first-order valence-electron chi connectivity index (χ1n) is 5.47. The van der Waals surface area contributed by atoms with Gasteiger partial charge in [-0.25, -0.2) is 5.84 Å². The highest BCUT2D eigenvalue weighted by atomic mass is 17.1. The van der Waals surface area contributed by atoms with Gasteiger partial charge in [0, 0.05) is 35.9 Å². The van der Waals surface area contributed by atoms with Crippen LogP contribution in [0.15, 0.2) is 49.1 Å². The molecule has 2 heterocycles. The van der Waals surface area contributed by atoms with E-state index in [2.05, 4.69) is 9.97 Å². The summed E-state index contributed by atoms with van der Waals surface area (Å²) in [6, 6.07) is 6.56. The van der Waals surface area contributed by atoms with Crippen LogP contribution in [0, 0.1) is 0 Å². The Bertz CT molecular complexity index is 529. The summed E-state index contributed by atoms with van der Waals surface area (Å²) >= 11 is 0. The van der Waals surface area contributed by atoms with Crippen LogP contribution in [0.25, 0.3) is 0 Å². The predicted molar refractivity (Wildman–Crippen MR) is 70.1 cm³/mol. The Balaban J connectivity index is 0.000000191. The summed E-state index contributed by atoms with van der Waals surface area (Å²) in [5, 5.41) is 0. The lowest BCUT2D eigenvalue weighted by Crippen LogP contribution is -2.29. The maximum Gasteiger partial charge on any atom is 0.265 e.